The van der Waals surface area contributed by atoms with Crippen LogP contribution < -0.4 is 10.2 Å². The van der Waals surface area contributed by atoms with Crippen molar-refractivity contribution in [1.82, 2.24) is 14.4 Å². The molecule has 1 amide bonds. The fraction of sp³-hybridized carbons (Fsp3) is 0.435. The molecule has 0 aliphatic carbocycles. The van der Waals surface area contributed by atoms with Gasteiger partial charge >= 0.3 is 0 Å². The van der Waals surface area contributed by atoms with Crippen molar-refractivity contribution in [2.45, 2.75) is 44.9 Å². The molecule has 30 heavy (non-hydrogen) atoms. The summed E-state index contributed by atoms with van der Waals surface area (Å²) >= 11 is 0. The monoisotopic (exact) mass is 409 g/mol. The smallest absolute Gasteiger partial charge is 0.276 e. The zero-order valence-corrected chi connectivity index (χ0v) is 17.6. The number of aryl methyl sites for hydroxylation is 1. The lowest BCUT2D eigenvalue weighted by Gasteiger charge is -2.49. The van der Waals surface area contributed by atoms with Crippen molar-refractivity contribution in [2.75, 3.05) is 20.7 Å². The first-order valence-corrected chi connectivity index (χ1v) is 10.3. The Kier molecular flexibility index (Phi) is 5.47. The van der Waals surface area contributed by atoms with Gasteiger partial charge < -0.3 is 14.2 Å². The average Bonchev–Trinajstić information content (AvgIpc) is 2.75. The highest BCUT2D eigenvalue weighted by atomic mass is 16.5. The second-order valence-corrected chi connectivity index (χ2v) is 8.13. The van der Waals surface area contributed by atoms with Crippen LogP contribution >= 0.6 is 0 Å². The quantitative estimate of drug-likeness (QED) is 0.708. The van der Waals surface area contributed by atoms with Gasteiger partial charge in [0.25, 0.3) is 5.91 Å². The molecular weight excluding hydrogens is 382 g/mol. The van der Waals surface area contributed by atoms with Crippen molar-refractivity contribution in [1.29, 1.82) is 0 Å². The molecule has 2 aliphatic heterocycles. The zero-order valence-electron chi connectivity index (χ0n) is 17.6. The van der Waals surface area contributed by atoms with Gasteiger partial charge in [-0.1, -0.05) is 30.3 Å². The number of likely N-dealkylation sites (N-methyl/N-ethyl adjacent to an activating group) is 1. The Morgan fingerprint density at radius 2 is 1.93 bits per heavy atom. The Morgan fingerprint density at radius 1 is 1.20 bits per heavy atom. The number of pyridine rings is 1. The van der Waals surface area contributed by atoms with Gasteiger partial charge in [-0.05, 0) is 32.4 Å². The molecule has 0 spiro atoms. The summed E-state index contributed by atoms with van der Waals surface area (Å²) in [5.41, 5.74) is 0.853. The van der Waals surface area contributed by atoms with Crippen molar-refractivity contribution in [3.8, 4) is 5.75 Å². The second-order valence-electron chi connectivity index (χ2n) is 8.13. The number of ether oxygens (including phenoxy) is 1. The highest BCUT2D eigenvalue weighted by Gasteiger charge is 2.42. The lowest BCUT2D eigenvalue weighted by atomic mass is 10.0. The molecule has 2 atom stereocenters. The summed E-state index contributed by atoms with van der Waals surface area (Å²) in [6.45, 7) is 3.42. The number of fused-ring (bicyclic) bond motifs is 2. The number of hydrogen-bond donors (Lipinski definition) is 0. The van der Waals surface area contributed by atoms with E-state index in [-0.39, 0.29) is 47.3 Å². The molecule has 1 saturated heterocycles. The van der Waals surface area contributed by atoms with Crippen LogP contribution in [0.5, 0.6) is 5.75 Å². The van der Waals surface area contributed by atoms with Crippen molar-refractivity contribution in [2.24, 2.45) is 0 Å². The number of carbonyl (C=O) groups is 2. The third kappa shape index (κ3) is 3.43. The highest BCUT2D eigenvalue weighted by molar-refractivity contribution is 6.00. The second kappa shape index (κ2) is 8.07. The molecule has 1 fully saturated rings. The number of amides is 1. The maximum atomic E-state index is 13.3. The van der Waals surface area contributed by atoms with Crippen molar-refractivity contribution in [3.05, 3.63) is 63.6 Å². The standard InChI is InChI=1S/C23H27N3O4/c1-15-11-12-24(2)19-14-25-13-17(18(27)10-9-16-7-5-4-6-8-16)21(28)22(30-3)20(25)23(29)26(15)19/h4-8,13,15,19H,9-12,14H2,1-3H3/t15-,19-/m1/s1. The molecule has 0 N–H and O–H groups in total. The number of carbonyl (C=O) groups excluding carboxylic acids is 2. The lowest BCUT2D eigenvalue weighted by Crippen LogP contribution is -2.62. The summed E-state index contributed by atoms with van der Waals surface area (Å²) < 4.78 is 7.09. The summed E-state index contributed by atoms with van der Waals surface area (Å²) in [6.07, 6.45) is 3.10. The van der Waals surface area contributed by atoms with Crippen LogP contribution in [0.4, 0.5) is 0 Å². The summed E-state index contributed by atoms with van der Waals surface area (Å²) in [4.78, 5) is 43.2. The minimum Gasteiger partial charge on any atom is -0.491 e. The van der Waals surface area contributed by atoms with Gasteiger partial charge in [0.2, 0.25) is 5.43 Å². The average molecular weight is 409 g/mol. The molecule has 1 aromatic carbocycles. The molecule has 158 valence electrons. The van der Waals surface area contributed by atoms with E-state index in [1.807, 2.05) is 49.2 Å². The van der Waals surface area contributed by atoms with Crippen LogP contribution in [0.15, 0.2) is 41.3 Å². The summed E-state index contributed by atoms with van der Waals surface area (Å²) in [7, 11) is 3.37. The minimum atomic E-state index is -0.508. The third-order valence-electron chi connectivity index (χ3n) is 6.23. The number of Topliss-reactive ketones (excluding diaryl/α,β-unsaturated/α-hetero) is 1. The topological polar surface area (TPSA) is 71.8 Å². The van der Waals surface area contributed by atoms with E-state index in [0.29, 0.717) is 13.0 Å². The molecule has 3 heterocycles. The van der Waals surface area contributed by atoms with Crippen LogP contribution in [0.1, 0.15) is 46.2 Å². The maximum absolute atomic E-state index is 13.3. The normalized spacial score (nSPS) is 21.2. The van der Waals surface area contributed by atoms with E-state index in [1.54, 1.807) is 10.8 Å². The Morgan fingerprint density at radius 3 is 2.63 bits per heavy atom. The molecule has 0 bridgehead atoms. The van der Waals surface area contributed by atoms with Gasteiger partial charge in [0.1, 0.15) is 6.17 Å². The van der Waals surface area contributed by atoms with Crippen LogP contribution in [-0.4, -0.2) is 59.0 Å². The molecule has 0 saturated carbocycles. The van der Waals surface area contributed by atoms with E-state index in [9.17, 15) is 14.4 Å². The predicted molar refractivity (Wildman–Crippen MR) is 113 cm³/mol. The number of hydrogen-bond acceptors (Lipinski definition) is 5. The Bertz CT molecular complexity index is 1030. The molecule has 1 aromatic heterocycles. The Balaban J connectivity index is 1.70. The summed E-state index contributed by atoms with van der Waals surface area (Å²) in [5, 5.41) is 0. The maximum Gasteiger partial charge on any atom is 0.276 e. The Hall–Kier alpha value is -2.93. The van der Waals surface area contributed by atoms with E-state index < -0.39 is 5.43 Å². The molecule has 0 unspecified atom stereocenters. The van der Waals surface area contributed by atoms with Gasteiger partial charge in [-0.25, -0.2) is 0 Å². The fourth-order valence-corrected chi connectivity index (χ4v) is 4.47. The first-order valence-electron chi connectivity index (χ1n) is 10.3. The van der Waals surface area contributed by atoms with E-state index >= 15 is 0 Å². The predicted octanol–water partition coefficient (Wildman–Crippen LogP) is 2.18. The van der Waals surface area contributed by atoms with Crippen LogP contribution in [-0.2, 0) is 13.0 Å². The van der Waals surface area contributed by atoms with Gasteiger partial charge in [0.05, 0.1) is 19.2 Å². The van der Waals surface area contributed by atoms with Crippen LogP contribution in [0.2, 0.25) is 0 Å². The molecule has 7 nitrogen and oxygen atoms in total. The van der Waals surface area contributed by atoms with Gasteiger partial charge in [0, 0.05) is 25.2 Å². The van der Waals surface area contributed by atoms with Crippen molar-refractivity contribution >= 4 is 11.7 Å². The number of nitrogens with zero attached hydrogens (tertiary/aromatic N) is 3. The number of benzene rings is 1. The highest BCUT2D eigenvalue weighted by Crippen LogP contribution is 2.30. The molecule has 2 aliphatic rings. The van der Waals surface area contributed by atoms with Gasteiger partial charge in [-0.15, -0.1) is 0 Å². The first-order chi connectivity index (χ1) is 14.4. The Labute approximate surface area is 175 Å². The van der Waals surface area contributed by atoms with Gasteiger partial charge in [-0.2, -0.15) is 0 Å². The summed E-state index contributed by atoms with van der Waals surface area (Å²) in [6, 6.07) is 9.78. The zero-order chi connectivity index (χ0) is 21.4. The number of methoxy groups -OCH3 is 1. The first kappa shape index (κ1) is 20.3. The molecule has 7 heteroatoms. The lowest BCUT2D eigenvalue weighted by molar-refractivity contribution is -0.0209. The van der Waals surface area contributed by atoms with Gasteiger partial charge in [-0.3, -0.25) is 19.3 Å². The van der Waals surface area contributed by atoms with E-state index in [1.165, 1.54) is 7.11 Å². The largest absolute Gasteiger partial charge is 0.491 e. The van der Waals surface area contributed by atoms with E-state index in [4.69, 9.17) is 4.74 Å². The molecule has 2 aromatic rings. The number of rotatable bonds is 5. The molecule has 0 radical (unpaired) electrons. The number of ketones is 1. The third-order valence-corrected chi connectivity index (χ3v) is 6.23. The van der Waals surface area contributed by atoms with E-state index in [2.05, 4.69) is 4.90 Å². The molecular formula is C23H27N3O4. The van der Waals surface area contributed by atoms with Crippen molar-refractivity contribution < 1.29 is 14.3 Å². The fourth-order valence-electron chi connectivity index (χ4n) is 4.47. The SMILES string of the molecule is COc1c2n(cc(C(=O)CCc3ccccc3)c1=O)C[C@@H]1N(C)CC[C@@H](C)N1C2=O. The van der Waals surface area contributed by atoms with Crippen LogP contribution in [0.25, 0.3) is 0 Å². The summed E-state index contributed by atoms with van der Waals surface area (Å²) in [5.74, 6) is -0.496. The van der Waals surface area contributed by atoms with Crippen molar-refractivity contribution in [3.63, 3.8) is 0 Å². The van der Waals surface area contributed by atoms with Gasteiger partial charge in [0.15, 0.2) is 17.2 Å². The van der Waals surface area contributed by atoms with Crippen LogP contribution in [0, 0.1) is 0 Å². The van der Waals surface area contributed by atoms with Crippen LogP contribution in [0.3, 0.4) is 0 Å². The number of aromatic nitrogens is 1. The van der Waals surface area contributed by atoms with E-state index in [0.717, 1.165) is 18.5 Å². The molecule has 4 rings (SSSR count). The minimum absolute atomic E-state index is 0.0376.